The highest BCUT2D eigenvalue weighted by molar-refractivity contribution is 7.15. The van der Waals surface area contributed by atoms with Crippen LogP contribution >= 0.6 is 11.3 Å². The molecule has 19 heavy (non-hydrogen) atoms. The van der Waals surface area contributed by atoms with Crippen LogP contribution in [0, 0.1) is 20.8 Å². The van der Waals surface area contributed by atoms with Crippen molar-refractivity contribution in [2.24, 2.45) is 5.73 Å². The van der Waals surface area contributed by atoms with Crippen molar-refractivity contribution in [3.8, 4) is 11.3 Å². The number of hydrogen-bond acceptors (Lipinski definition) is 3. The molecule has 0 radical (unpaired) electrons. The minimum absolute atomic E-state index is 0.501. The molecule has 2 aromatic heterocycles. The van der Waals surface area contributed by atoms with Crippen LogP contribution in [0.3, 0.4) is 0 Å². The number of thiazole rings is 1. The molecule has 3 nitrogen and oxygen atoms in total. The second-order valence-corrected chi connectivity index (χ2v) is 5.76. The fraction of sp³-hybridized carbons (Fsp3) is 0.267. The van der Waals surface area contributed by atoms with Gasteiger partial charge in [0.15, 0.2) is 4.96 Å². The highest BCUT2D eigenvalue weighted by Crippen LogP contribution is 2.30. The molecule has 0 amide bonds. The first-order chi connectivity index (χ1) is 9.11. The Morgan fingerprint density at radius 3 is 2.74 bits per heavy atom. The van der Waals surface area contributed by atoms with Gasteiger partial charge in [-0.1, -0.05) is 23.8 Å². The zero-order valence-corrected chi connectivity index (χ0v) is 12.2. The number of imidazole rings is 1. The van der Waals surface area contributed by atoms with Gasteiger partial charge >= 0.3 is 0 Å². The topological polar surface area (TPSA) is 43.3 Å². The van der Waals surface area contributed by atoms with E-state index < -0.39 is 0 Å². The van der Waals surface area contributed by atoms with Gasteiger partial charge in [0.2, 0.25) is 0 Å². The Hall–Kier alpha value is -1.65. The van der Waals surface area contributed by atoms with Gasteiger partial charge in [-0.2, -0.15) is 0 Å². The van der Waals surface area contributed by atoms with Gasteiger partial charge in [-0.15, -0.1) is 11.3 Å². The Balaban J connectivity index is 2.30. The van der Waals surface area contributed by atoms with Crippen molar-refractivity contribution in [2.45, 2.75) is 27.3 Å². The van der Waals surface area contributed by atoms with Gasteiger partial charge in [-0.25, -0.2) is 4.98 Å². The normalized spacial score (nSPS) is 11.4. The summed E-state index contributed by atoms with van der Waals surface area (Å²) < 4.78 is 2.17. The van der Waals surface area contributed by atoms with E-state index in [0.29, 0.717) is 6.54 Å². The smallest absolute Gasteiger partial charge is 0.194 e. The Morgan fingerprint density at radius 2 is 2.05 bits per heavy atom. The van der Waals surface area contributed by atoms with Crippen molar-refractivity contribution in [1.29, 1.82) is 0 Å². The lowest BCUT2D eigenvalue weighted by Gasteiger charge is -2.07. The predicted octanol–water partition coefficient (Wildman–Crippen LogP) is 3.45. The number of nitrogens with zero attached hydrogens (tertiary/aromatic N) is 2. The molecule has 0 saturated heterocycles. The average molecular weight is 271 g/mol. The first-order valence-corrected chi connectivity index (χ1v) is 7.23. The first kappa shape index (κ1) is 12.4. The lowest BCUT2D eigenvalue weighted by Crippen LogP contribution is -2.03. The highest BCUT2D eigenvalue weighted by atomic mass is 32.1. The molecule has 1 aromatic carbocycles. The Bertz CT molecular complexity index is 752. The van der Waals surface area contributed by atoms with Gasteiger partial charge in [-0.05, 0) is 26.3 Å². The summed E-state index contributed by atoms with van der Waals surface area (Å²) in [5, 5.41) is 2.12. The van der Waals surface area contributed by atoms with Crippen molar-refractivity contribution < 1.29 is 0 Å². The van der Waals surface area contributed by atoms with E-state index in [2.05, 4.69) is 48.8 Å². The van der Waals surface area contributed by atoms with Crippen LogP contribution in [0.25, 0.3) is 16.2 Å². The summed E-state index contributed by atoms with van der Waals surface area (Å²) in [6, 6.07) is 6.46. The summed E-state index contributed by atoms with van der Waals surface area (Å²) in [6.45, 7) is 6.83. The molecule has 0 unspecified atom stereocenters. The SMILES string of the molecule is Cc1ccc(-c2nc3scc(C)n3c2CN)c(C)c1. The quantitative estimate of drug-likeness (QED) is 0.776. The number of benzene rings is 1. The zero-order valence-electron chi connectivity index (χ0n) is 11.4. The van der Waals surface area contributed by atoms with Crippen molar-refractivity contribution >= 4 is 16.3 Å². The van der Waals surface area contributed by atoms with Crippen LogP contribution in [0.15, 0.2) is 23.6 Å². The molecule has 3 aromatic rings. The third-order valence-corrected chi connectivity index (χ3v) is 4.40. The Labute approximate surface area is 116 Å². The zero-order chi connectivity index (χ0) is 13.6. The molecule has 0 atom stereocenters. The fourth-order valence-electron chi connectivity index (χ4n) is 2.55. The summed E-state index contributed by atoms with van der Waals surface area (Å²) in [5.41, 5.74) is 13.0. The second kappa shape index (κ2) is 4.47. The maximum atomic E-state index is 5.95. The largest absolute Gasteiger partial charge is 0.325 e. The van der Waals surface area contributed by atoms with Gasteiger partial charge in [0, 0.05) is 23.2 Å². The van der Waals surface area contributed by atoms with E-state index in [-0.39, 0.29) is 0 Å². The minimum atomic E-state index is 0.501. The molecular formula is C15H17N3S. The number of hydrogen-bond donors (Lipinski definition) is 1. The molecule has 2 heterocycles. The van der Waals surface area contributed by atoms with E-state index in [4.69, 9.17) is 10.7 Å². The van der Waals surface area contributed by atoms with Gasteiger partial charge in [0.25, 0.3) is 0 Å². The molecule has 0 bridgehead atoms. The fourth-order valence-corrected chi connectivity index (χ4v) is 3.43. The van der Waals surface area contributed by atoms with Crippen molar-refractivity contribution in [3.63, 3.8) is 0 Å². The maximum absolute atomic E-state index is 5.95. The van der Waals surface area contributed by atoms with Crippen LogP contribution in [-0.2, 0) is 6.54 Å². The molecule has 0 aliphatic heterocycles. The van der Waals surface area contributed by atoms with Gasteiger partial charge < -0.3 is 5.73 Å². The molecule has 0 fully saturated rings. The monoisotopic (exact) mass is 271 g/mol. The summed E-state index contributed by atoms with van der Waals surface area (Å²) in [7, 11) is 0. The summed E-state index contributed by atoms with van der Waals surface area (Å²) in [6.07, 6.45) is 0. The van der Waals surface area contributed by atoms with E-state index >= 15 is 0 Å². The summed E-state index contributed by atoms with van der Waals surface area (Å²) in [4.78, 5) is 5.79. The number of rotatable bonds is 2. The maximum Gasteiger partial charge on any atom is 0.194 e. The molecule has 3 rings (SSSR count). The molecule has 98 valence electrons. The van der Waals surface area contributed by atoms with E-state index in [1.54, 1.807) is 11.3 Å². The van der Waals surface area contributed by atoms with Crippen molar-refractivity contribution in [2.75, 3.05) is 0 Å². The summed E-state index contributed by atoms with van der Waals surface area (Å²) >= 11 is 1.66. The lowest BCUT2D eigenvalue weighted by molar-refractivity contribution is 0.945. The van der Waals surface area contributed by atoms with Gasteiger partial charge in [0.05, 0.1) is 11.4 Å². The van der Waals surface area contributed by atoms with Crippen LogP contribution < -0.4 is 5.73 Å². The third-order valence-electron chi connectivity index (χ3n) is 3.46. The first-order valence-electron chi connectivity index (χ1n) is 6.35. The van der Waals surface area contributed by atoms with Gasteiger partial charge in [0.1, 0.15) is 0 Å². The van der Waals surface area contributed by atoms with E-state index in [0.717, 1.165) is 16.3 Å². The number of aromatic nitrogens is 2. The molecule has 0 spiro atoms. The highest BCUT2D eigenvalue weighted by Gasteiger charge is 2.16. The lowest BCUT2D eigenvalue weighted by atomic mass is 10.0. The average Bonchev–Trinajstić information content (AvgIpc) is 2.90. The Morgan fingerprint density at radius 1 is 1.26 bits per heavy atom. The van der Waals surface area contributed by atoms with Crippen molar-refractivity contribution in [3.05, 3.63) is 46.1 Å². The van der Waals surface area contributed by atoms with Crippen LogP contribution in [0.5, 0.6) is 0 Å². The minimum Gasteiger partial charge on any atom is -0.325 e. The van der Waals surface area contributed by atoms with Crippen LogP contribution in [-0.4, -0.2) is 9.38 Å². The molecular weight excluding hydrogens is 254 g/mol. The standard InChI is InChI=1S/C15H17N3S/c1-9-4-5-12(10(2)6-9)14-13(7-16)18-11(3)8-19-15(18)17-14/h4-6,8H,7,16H2,1-3H3. The predicted molar refractivity (Wildman–Crippen MR) is 80.6 cm³/mol. The van der Waals surface area contributed by atoms with Gasteiger partial charge in [-0.3, -0.25) is 4.40 Å². The van der Waals surface area contributed by atoms with Crippen molar-refractivity contribution in [1.82, 2.24) is 9.38 Å². The van der Waals surface area contributed by atoms with E-state index in [1.165, 1.54) is 22.4 Å². The van der Waals surface area contributed by atoms with Crippen LogP contribution in [0.4, 0.5) is 0 Å². The van der Waals surface area contributed by atoms with Crippen LogP contribution in [0.2, 0.25) is 0 Å². The van der Waals surface area contributed by atoms with E-state index in [1.807, 2.05) is 0 Å². The Kier molecular flexibility index (Phi) is 2.92. The molecule has 4 heteroatoms. The molecule has 0 saturated carbocycles. The van der Waals surface area contributed by atoms with Crippen LogP contribution in [0.1, 0.15) is 22.5 Å². The number of nitrogens with two attached hydrogens (primary N) is 1. The second-order valence-electron chi connectivity index (χ2n) is 4.92. The number of aryl methyl sites for hydroxylation is 3. The molecule has 2 N–H and O–H groups in total. The molecule has 0 aliphatic rings. The van der Waals surface area contributed by atoms with E-state index in [9.17, 15) is 0 Å². The summed E-state index contributed by atoms with van der Waals surface area (Å²) in [5.74, 6) is 0. The third kappa shape index (κ3) is 1.88. The molecule has 0 aliphatic carbocycles. The number of fused-ring (bicyclic) bond motifs is 1.